The van der Waals surface area contributed by atoms with Crippen LogP contribution in [0.15, 0.2) is 28.9 Å². The second-order valence-corrected chi connectivity index (χ2v) is 5.06. The second kappa shape index (κ2) is 4.67. The van der Waals surface area contributed by atoms with Gasteiger partial charge < -0.3 is 10.2 Å². The summed E-state index contributed by atoms with van der Waals surface area (Å²) in [4.78, 5) is 18.7. The Balaban J connectivity index is 2.12. The van der Waals surface area contributed by atoms with E-state index in [1.807, 2.05) is 19.9 Å². The molecule has 2 aromatic heterocycles. The van der Waals surface area contributed by atoms with Gasteiger partial charge in [-0.15, -0.1) is 0 Å². The molecule has 0 fully saturated rings. The number of nitrogens with zero attached hydrogens (tertiary/aromatic N) is 2. The van der Waals surface area contributed by atoms with Crippen molar-refractivity contribution in [1.82, 2.24) is 4.98 Å². The standard InChI is InChI=1S/C15H17N3O2/c1-3-10-14-11(9(2)7-12(16)17-14)8-18(15(10)19)13-5-4-6-20-13/h4-7,10H,3,8H2,1-2H3,(H2,16,17). The van der Waals surface area contributed by atoms with Gasteiger partial charge >= 0.3 is 0 Å². The first-order valence-corrected chi connectivity index (χ1v) is 6.72. The summed E-state index contributed by atoms with van der Waals surface area (Å²) in [5, 5.41) is 0. The first kappa shape index (κ1) is 12.7. The van der Waals surface area contributed by atoms with E-state index in [9.17, 15) is 4.79 Å². The lowest BCUT2D eigenvalue weighted by Gasteiger charge is -2.32. The van der Waals surface area contributed by atoms with Crippen molar-refractivity contribution in [2.75, 3.05) is 10.6 Å². The summed E-state index contributed by atoms with van der Waals surface area (Å²) in [6.45, 7) is 4.47. The molecule has 0 saturated carbocycles. The third kappa shape index (κ3) is 1.86. The average Bonchev–Trinajstić information content (AvgIpc) is 2.92. The number of furan rings is 1. The highest BCUT2D eigenvalue weighted by molar-refractivity contribution is 5.98. The van der Waals surface area contributed by atoms with Crippen LogP contribution in [0.1, 0.15) is 36.1 Å². The van der Waals surface area contributed by atoms with Crippen LogP contribution in [0.3, 0.4) is 0 Å². The summed E-state index contributed by atoms with van der Waals surface area (Å²) < 4.78 is 5.37. The first-order valence-electron chi connectivity index (χ1n) is 6.72. The van der Waals surface area contributed by atoms with Crippen molar-refractivity contribution in [3.05, 3.63) is 41.3 Å². The van der Waals surface area contributed by atoms with E-state index in [1.165, 1.54) is 0 Å². The van der Waals surface area contributed by atoms with Crippen molar-refractivity contribution < 1.29 is 9.21 Å². The summed E-state index contributed by atoms with van der Waals surface area (Å²) in [5.74, 6) is 0.813. The molecule has 5 nitrogen and oxygen atoms in total. The zero-order valence-corrected chi connectivity index (χ0v) is 11.6. The molecule has 1 aliphatic rings. The van der Waals surface area contributed by atoms with Gasteiger partial charge in [0.25, 0.3) is 0 Å². The summed E-state index contributed by atoms with van der Waals surface area (Å²) >= 11 is 0. The molecule has 2 aromatic rings. The minimum Gasteiger partial charge on any atom is -0.448 e. The zero-order valence-electron chi connectivity index (χ0n) is 11.6. The highest BCUT2D eigenvalue weighted by atomic mass is 16.3. The maximum absolute atomic E-state index is 12.6. The Morgan fingerprint density at radius 1 is 1.55 bits per heavy atom. The number of amides is 1. The molecule has 0 radical (unpaired) electrons. The monoisotopic (exact) mass is 271 g/mol. The maximum atomic E-state index is 12.6. The van der Waals surface area contributed by atoms with Crippen molar-refractivity contribution >= 4 is 17.6 Å². The van der Waals surface area contributed by atoms with E-state index in [0.717, 1.165) is 16.8 Å². The number of pyridine rings is 1. The molecule has 20 heavy (non-hydrogen) atoms. The number of hydrogen-bond donors (Lipinski definition) is 1. The quantitative estimate of drug-likeness (QED) is 0.911. The molecule has 0 saturated heterocycles. The molecule has 0 aromatic carbocycles. The van der Waals surface area contributed by atoms with Crippen molar-refractivity contribution in [2.24, 2.45) is 0 Å². The average molecular weight is 271 g/mol. The number of nitrogens with two attached hydrogens (primary N) is 1. The minimum absolute atomic E-state index is 0.0208. The normalized spacial score (nSPS) is 18.2. The molecule has 5 heteroatoms. The van der Waals surface area contributed by atoms with Crippen LogP contribution in [0.25, 0.3) is 0 Å². The Bertz CT molecular complexity index is 649. The van der Waals surface area contributed by atoms with Crippen LogP contribution in [0, 0.1) is 6.92 Å². The minimum atomic E-state index is -0.258. The van der Waals surface area contributed by atoms with E-state index in [-0.39, 0.29) is 11.8 Å². The molecular formula is C15H17N3O2. The van der Waals surface area contributed by atoms with Crippen molar-refractivity contribution in [3.63, 3.8) is 0 Å². The largest absolute Gasteiger partial charge is 0.448 e. The molecule has 0 bridgehead atoms. The fraction of sp³-hybridized carbons (Fsp3) is 0.333. The Hall–Kier alpha value is -2.30. The lowest BCUT2D eigenvalue weighted by molar-refractivity contribution is -0.121. The summed E-state index contributed by atoms with van der Waals surface area (Å²) in [6.07, 6.45) is 2.27. The van der Waals surface area contributed by atoms with Gasteiger partial charge in [-0.25, -0.2) is 4.98 Å². The summed E-state index contributed by atoms with van der Waals surface area (Å²) in [7, 11) is 0. The van der Waals surface area contributed by atoms with Crippen LogP contribution < -0.4 is 10.6 Å². The van der Waals surface area contributed by atoms with Crippen molar-refractivity contribution in [1.29, 1.82) is 0 Å². The van der Waals surface area contributed by atoms with E-state index in [2.05, 4.69) is 4.98 Å². The Morgan fingerprint density at radius 3 is 3.00 bits per heavy atom. The first-order chi connectivity index (χ1) is 9.61. The van der Waals surface area contributed by atoms with Gasteiger partial charge in [0.1, 0.15) is 5.82 Å². The van der Waals surface area contributed by atoms with Gasteiger partial charge in [-0.1, -0.05) is 6.92 Å². The number of aromatic nitrogens is 1. The molecule has 104 valence electrons. The number of aryl methyl sites for hydroxylation is 1. The highest BCUT2D eigenvalue weighted by Crippen LogP contribution is 2.35. The number of carbonyl (C=O) groups is 1. The molecule has 2 N–H and O–H groups in total. The molecule has 1 unspecified atom stereocenters. The van der Waals surface area contributed by atoms with E-state index in [4.69, 9.17) is 10.2 Å². The lowest BCUT2D eigenvalue weighted by atomic mass is 9.89. The SMILES string of the molecule is CCC1C(=O)N(c2ccco2)Cc2c(C)cc(N)nc21. The number of anilines is 2. The third-order valence-electron chi connectivity index (χ3n) is 3.79. The predicted octanol–water partition coefficient (Wildman–Crippen LogP) is 2.61. The molecule has 0 spiro atoms. The predicted molar refractivity (Wildman–Crippen MR) is 76.3 cm³/mol. The Labute approximate surface area is 117 Å². The van der Waals surface area contributed by atoms with Crippen molar-refractivity contribution in [2.45, 2.75) is 32.7 Å². The Kier molecular flexibility index (Phi) is 2.97. The van der Waals surface area contributed by atoms with Crippen LogP contribution >= 0.6 is 0 Å². The van der Waals surface area contributed by atoms with Gasteiger partial charge in [-0.3, -0.25) is 9.69 Å². The van der Waals surface area contributed by atoms with Crippen LogP contribution in [0.4, 0.5) is 11.7 Å². The lowest BCUT2D eigenvalue weighted by Crippen LogP contribution is -2.40. The van der Waals surface area contributed by atoms with E-state index >= 15 is 0 Å². The number of fused-ring (bicyclic) bond motifs is 1. The van der Waals surface area contributed by atoms with Gasteiger partial charge in [0.05, 0.1) is 24.4 Å². The van der Waals surface area contributed by atoms with Crippen LogP contribution in [-0.4, -0.2) is 10.9 Å². The summed E-state index contributed by atoms with van der Waals surface area (Å²) in [5.41, 5.74) is 8.77. The van der Waals surface area contributed by atoms with E-state index in [0.29, 0.717) is 24.7 Å². The fourth-order valence-electron chi connectivity index (χ4n) is 2.76. The zero-order chi connectivity index (χ0) is 14.3. The Morgan fingerprint density at radius 2 is 2.35 bits per heavy atom. The van der Waals surface area contributed by atoms with Gasteiger partial charge in [-0.05, 0) is 36.6 Å². The number of nitrogen functional groups attached to an aromatic ring is 1. The molecule has 0 aliphatic carbocycles. The number of carbonyl (C=O) groups excluding carboxylic acids is 1. The van der Waals surface area contributed by atoms with Crippen molar-refractivity contribution in [3.8, 4) is 0 Å². The highest BCUT2D eigenvalue weighted by Gasteiger charge is 2.35. The van der Waals surface area contributed by atoms with Gasteiger partial charge in [0.2, 0.25) is 11.8 Å². The van der Waals surface area contributed by atoms with E-state index in [1.54, 1.807) is 23.3 Å². The second-order valence-electron chi connectivity index (χ2n) is 5.06. The molecule has 1 atom stereocenters. The molecule has 3 rings (SSSR count). The topological polar surface area (TPSA) is 72.4 Å². The van der Waals surface area contributed by atoms with Crippen LogP contribution in [-0.2, 0) is 11.3 Å². The van der Waals surface area contributed by atoms with E-state index < -0.39 is 0 Å². The van der Waals surface area contributed by atoms with Crippen LogP contribution in [0.5, 0.6) is 0 Å². The fourth-order valence-corrected chi connectivity index (χ4v) is 2.76. The number of hydrogen-bond acceptors (Lipinski definition) is 4. The number of rotatable bonds is 2. The third-order valence-corrected chi connectivity index (χ3v) is 3.79. The summed E-state index contributed by atoms with van der Waals surface area (Å²) in [6, 6.07) is 5.44. The van der Waals surface area contributed by atoms with Gasteiger partial charge in [0.15, 0.2) is 0 Å². The molecule has 1 aliphatic heterocycles. The van der Waals surface area contributed by atoms with Gasteiger partial charge in [-0.2, -0.15) is 0 Å². The van der Waals surface area contributed by atoms with Crippen LogP contribution in [0.2, 0.25) is 0 Å². The maximum Gasteiger partial charge on any atom is 0.238 e. The molecule has 1 amide bonds. The molecular weight excluding hydrogens is 254 g/mol. The smallest absolute Gasteiger partial charge is 0.238 e. The molecule has 3 heterocycles. The van der Waals surface area contributed by atoms with Gasteiger partial charge in [0, 0.05) is 6.07 Å².